The molecule has 1 aliphatic rings. The van der Waals surface area contributed by atoms with E-state index >= 15 is 0 Å². The number of carbonyl (C=O) groups excluding carboxylic acids is 2. The summed E-state index contributed by atoms with van der Waals surface area (Å²) in [7, 11) is -3.73. The van der Waals surface area contributed by atoms with Crippen LogP contribution < -0.4 is 5.32 Å². The van der Waals surface area contributed by atoms with Crippen molar-refractivity contribution in [2.45, 2.75) is 31.7 Å². The Bertz CT molecular complexity index is 755. The number of ether oxygens (including phenoxy) is 1. The van der Waals surface area contributed by atoms with Gasteiger partial charge in [0.2, 0.25) is 10.0 Å². The first-order valence-corrected chi connectivity index (χ1v) is 10.0. The molecule has 0 atom stereocenters. The van der Waals surface area contributed by atoms with Crippen molar-refractivity contribution in [3.8, 4) is 0 Å². The van der Waals surface area contributed by atoms with Crippen LogP contribution in [0.1, 0.15) is 31.1 Å². The molecule has 9 heteroatoms. The lowest BCUT2D eigenvalue weighted by molar-refractivity contribution is 0.0928. The molecule has 1 aliphatic heterocycles. The van der Waals surface area contributed by atoms with Crippen LogP contribution in [0.15, 0.2) is 29.2 Å². The van der Waals surface area contributed by atoms with E-state index in [1.807, 2.05) is 13.8 Å². The summed E-state index contributed by atoms with van der Waals surface area (Å²) < 4.78 is 31.9. The van der Waals surface area contributed by atoms with Gasteiger partial charge >= 0.3 is 6.09 Å². The van der Waals surface area contributed by atoms with Crippen LogP contribution in [0, 0.1) is 0 Å². The number of hydrogen-bond donors (Lipinski definition) is 1. The Morgan fingerprint density at radius 1 is 1.19 bits per heavy atom. The van der Waals surface area contributed by atoms with Gasteiger partial charge in [-0.15, -0.1) is 0 Å². The van der Waals surface area contributed by atoms with E-state index in [1.54, 1.807) is 19.1 Å². The van der Waals surface area contributed by atoms with Crippen molar-refractivity contribution in [3.05, 3.63) is 29.8 Å². The van der Waals surface area contributed by atoms with Crippen LogP contribution in [0.5, 0.6) is 0 Å². The highest BCUT2D eigenvalue weighted by Crippen LogP contribution is 2.19. The molecule has 1 saturated heterocycles. The molecule has 8 nitrogen and oxygen atoms in total. The smallest absolute Gasteiger partial charge is 0.409 e. The Kier molecular flexibility index (Phi) is 6.60. The van der Waals surface area contributed by atoms with E-state index < -0.39 is 16.1 Å². The summed E-state index contributed by atoms with van der Waals surface area (Å²) in [5.41, 5.74) is 0.296. The summed E-state index contributed by atoms with van der Waals surface area (Å²) in [6, 6.07) is 5.94. The fourth-order valence-electron chi connectivity index (χ4n) is 2.62. The van der Waals surface area contributed by atoms with Gasteiger partial charge in [0, 0.05) is 37.8 Å². The number of nitrogens with one attached hydrogen (secondary N) is 1. The molecule has 0 spiro atoms. The second-order valence-corrected chi connectivity index (χ2v) is 8.18. The molecule has 2 amide bonds. The molecule has 144 valence electrons. The Labute approximate surface area is 154 Å². The van der Waals surface area contributed by atoms with Gasteiger partial charge in [-0.3, -0.25) is 4.79 Å². The molecule has 1 aromatic rings. The minimum absolute atomic E-state index is 0.0429. The molecule has 1 aromatic carbocycles. The molecule has 0 radical (unpaired) electrons. The molecule has 1 N–H and O–H groups in total. The zero-order valence-electron chi connectivity index (χ0n) is 15.3. The molecular formula is C17H25N3O5S. The van der Waals surface area contributed by atoms with E-state index in [-0.39, 0.29) is 49.6 Å². The lowest BCUT2D eigenvalue weighted by atomic mass is 10.2. The number of sulfonamides is 1. The second-order valence-electron chi connectivity index (χ2n) is 6.25. The van der Waals surface area contributed by atoms with Crippen molar-refractivity contribution >= 4 is 22.0 Å². The quantitative estimate of drug-likeness (QED) is 0.826. The summed E-state index contributed by atoms with van der Waals surface area (Å²) >= 11 is 0. The Balaban J connectivity index is 2.11. The predicted molar refractivity (Wildman–Crippen MR) is 96.4 cm³/mol. The SMILES string of the molecule is CCOC(=O)N1CCN(S(=O)(=O)c2cccc(C(=O)NC(C)C)c2)CC1. The minimum atomic E-state index is -3.73. The van der Waals surface area contributed by atoms with Crippen LogP contribution in [-0.2, 0) is 14.8 Å². The van der Waals surface area contributed by atoms with Crippen LogP contribution in [0.4, 0.5) is 4.79 Å². The molecule has 1 heterocycles. The van der Waals surface area contributed by atoms with Crippen molar-refractivity contribution in [1.29, 1.82) is 0 Å². The van der Waals surface area contributed by atoms with Gasteiger partial charge in [-0.2, -0.15) is 4.31 Å². The third-order valence-corrected chi connectivity index (χ3v) is 5.81. The number of nitrogens with zero attached hydrogens (tertiary/aromatic N) is 2. The predicted octanol–water partition coefficient (Wildman–Crippen LogP) is 1.29. The lowest BCUT2D eigenvalue weighted by Gasteiger charge is -2.33. The van der Waals surface area contributed by atoms with Crippen molar-refractivity contribution in [1.82, 2.24) is 14.5 Å². The van der Waals surface area contributed by atoms with Gasteiger partial charge in [0.05, 0.1) is 11.5 Å². The zero-order valence-corrected chi connectivity index (χ0v) is 16.1. The van der Waals surface area contributed by atoms with E-state index in [1.165, 1.54) is 21.3 Å². The van der Waals surface area contributed by atoms with Crippen molar-refractivity contribution in [3.63, 3.8) is 0 Å². The Hall–Kier alpha value is -2.13. The molecule has 1 fully saturated rings. The Morgan fingerprint density at radius 3 is 2.42 bits per heavy atom. The molecule has 26 heavy (non-hydrogen) atoms. The molecule has 0 unspecified atom stereocenters. The maximum atomic E-state index is 12.8. The zero-order chi connectivity index (χ0) is 19.3. The normalized spacial score (nSPS) is 15.8. The van der Waals surface area contributed by atoms with Gasteiger partial charge < -0.3 is 15.0 Å². The summed E-state index contributed by atoms with van der Waals surface area (Å²) in [5, 5.41) is 2.74. The monoisotopic (exact) mass is 383 g/mol. The van der Waals surface area contributed by atoms with Crippen LogP contribution in [0.25, 0.3) is 0 Å². The molecule has 0 saturated carbocycles. The summed E-state index contributed by atoms with van der Waals surface area (Å²) in [4.78, 5) is 25.4. The highest BCUT2D eigenvalue weighted by atomic mass is 32.2. The number of carbonyl (C=O) groups is 2. The van der Waals surface area contributed by atoms with Crippen LogP contribution in [0.3, 0.4) is 0 Å². The van der Waals surface area contributed by atoms with Gasteiger partial charge in [-0.05, 0) is 39.0 Å². The van der Waals surface area contributed by atoms with Gasteiger partial charge in [0.15, 0.2) is 0 Å². The number of hydrogen-bond acceptors (Lipinski definition) is 5. The highest BCUT2D eigenvalue weighted by Gasteiger charge is 2.31. The molecule has 2 rings (SSSR count). The fraction of sp³-hybridized carbons (Fsp3) is 0.529. The average Bonchev–Trinajstić information content (AvgIpc) is 2.61. The minimum Gasteiger partial charge on any atom is -0.450 e. The van der Waals surface area contributed by atoms with E-state index in [9.17, 15) is 18.0 Å². The Morgan fingerprint density at radius 2 is 1.85 bits per heavy atom. The number of amides is 2. The van der Waals surface area contributed by atoms with Crippen LogP contribution >= 0.6 is 0 Å². The summed E-state index contributed by atoms with van der Waals surface area (Å²) in [6.07, 6.45) is -0.433. The van der Waals surface area contributed by atoms with Crippen LogP contribution in [0.2, 0.25) is 0 Å². The number of rotatable bonds is 5. The van der Waals surface area contributed by atoms with Crippen molar-refractivity contribution in [2.24, 2.45) is 0 Å². The van der Waals surface area contributed by atoms with Crippen molar-refractivity contribution in [2.75, 3.05) is 32.8 Å². The summed E-state index contributed by atoms with van der Waals surface area (Å²) in [5.74, 6) is -0.316. The topological polar surface area (TPSA) is 96.0 Å². The van der Waals surface area contributed by atoms with E-state index in [0.717, 1.165) is 0 Å². The van der Waals surface area contributed by atoms with Crippen LogP contribution in [-0.4, -0.2) is 68.5 Å². The standard InChI is InChI=1S/C17H25N3O5S/c1-4-25-17(22)19-8-10-20(11-9-19)26(23,24)15-7-5-6-14(12-15)16(21)18-13(2)3/h5-7,12-13H,4,8-11H2,1-3H3,(H,18,21). The van der Waals surface area contributed by atoms with Gasteiger partial charge in [-0.25, -0.2) is 13.2 Å². The van der Waals surface area contributed by atoms with E-state index in [4.69, 9.17) is 4.74 Å². The first kappa shape index (κ1) is 20.2. The molecule has 0 aliphatic carbocycles. The summed E-state index contributed by atoms with van der Waals surface area (Å²) in [6.45, 7) is 6.58. The van der Waals surface area contributed by atoms with E-state index in [2.05, 4.69) is 5.32 Å². The fourth-order valence-corrected chi connectivity index (χ4v) is 4.09. The van der Waals surface area contributed by atoms with Gasteiger partial charge in [0.1, 0.15) is 0 Å². The molecule has 0 aromatic heterocycles. The van der Waals surface area contributed by atoms with Gasteiger partial charge in [-0.1, -0.05) is 6.07 Å². The second kappa shape index (κ2) is 8.50. The number of piperazine rings is 1. The highest BCUT2D eigenvalue weighted by molar-refractivity contribution is 7.89. The first-order chi connectivity index (χ1) is 12.3. The third-order valence-electron chi connectivity index (χ3n) is 3.92. The van der Waals surface area contributed by atoms with E-state index in [0.29, 0.717) is 5.56 Å². The van der Waals surface area contributed by atoms with Gasteiger partial charge in [0.25, 0.3) is 5.91 Å². The first-order valence-electron chi connectivity index (χ1n) is 8.58. The molecular weight excluding hydrogens is 358 g/mol. The molecule has 0 bridgehead atoms. The third kappa shape index (κ3) is 4.73. The lowest BCUT2D eigenvalue weighted by Crippen LogP contribution is -2.50. The largest absolute Gasteiger partial charge is 0.450 e. The maximum Gasteiger partial charge on any atom is 0.409 e. The maximum absolute atomic E-state index is 12.8. The van der Waals surface area contributed by atoms with Crippen molar-refractivity contribution < 1.29 is 22.7 Å². The number of benzene rings is 1. The average molecular weight is 383 g/mol.